The molecule has 0 aliphatic carbocycles. The van der Waals surface area contributed by atoms with Crippen molar-refractivity contribution in [1.29, 1.82) is 0 Å². The van der Waals surface area contributed by atoms with Gasteiger partial charge in [0, 0.05) is 29.1 Å². The van der Waals surface area contributed by atoms with Crippen LogP contribution in [0.15, 0.2) is 46.3 Å². The van der Waals surface area contributed by atoms with Crippen LogP contribution in [0.2, 0.25) is 0 Å². The molecule has 122 valence electrons. The third-order valence-corrected chi connectivity index (χ3v) is 4.60. The summed E-state index contributed by atoms with van der Waals surface area (Å²) < 4.78 is 6.31. The Morgan fingerprint density at radius 2 is 2.09 bits per heavy atom. The highest BCUT2D eigenvalue weighted by Gasteiger charge is 2.12. The molecule has 0 saturated carbocycles. The topological polar surface area (TPSA) is 38.3 Å². The van der Waals surface area contributed by atoms with Crippen molar-refractivity contribution in [3.63, 3.8) is 0 Å². The van der Waals surface area contributed by atoms with E-state index in [1.54, 1.807) is 11.3 Å². The first-order valence-electron chi connectivity index (χ1n) is 7.58. The second-order valence-electron chi connectivity index (χ2n) is 4.89. The van der Waals surface area contributed by atoms with Crippen molar-refractivity contribution in [3.8, 4) is 0 Å². The first-order chi connectivity index (χ1) is 11.2. The lowest BCUT2D eigenvalue weighted by molar-refractivity contribution is -0.115. The fraction of sp³-hybridized carbons (Fsp3) is 0.278. The smallest absolute Gasteiger partial charge is 0.252 e. The van der Waals surface area contributed by atoms with Gasteiger partial charge in [-0.2, -0.15) is 0 Å². The van der Waals surface area contributed by atoms with Gasteiger partial charge in [0.1, 0.15) is 0 Å². The molecule has 1 aromatic heterocycles. The molecule has 1 heterocycles. The van der Waals surface area contributed by atoms with Gasteiger partial charge in [0.2, 0.25) is 0 Å². The largest absolute Gasteiger partial charge is 0.382 e. The summed E-state index contributed by atoms with van der Waals surface area (Å²) in [6.07, 6.45) is 2.74. The quantitative estimate of drug-likeness (QED) is 0.525. The van der Waals surface area contributed by atoms with Crippen molar-refractivity contribution < 1.29 is 9.53 Å². The molecule has 0 spiro atoms. The minimum absolute atomic E-state index is 0.0492. The lowest BCUT2D eigenvalue weighted by Crippen LogP contribution is -2.26. The number of amides is 1. The predicted octanol–water partition coefficient (Wildman–Crippen LogP) is 4.59. The van der Waals surface area contributed by atoms with E-state index < -0.39 is 0 Å². The molecule has 1 N–H and O–H groups in total. The Kier molecular flexibility index (Phi) is 7.52. The lowest BCUT2D eigenvalue weighted by atomic mass is 10.1. The van der Waals surface area contributed by atoms with Crippen LogP contribution in [0.3, 0.4) is 0 Å². The van der Waals surface area contributed by atoms with Gasteiger partial charge < -0.3 is 10.1 Å². The number of hydrogen-bond acceptors (Lipinski definition) is 3. The summed E-state index contributed by atoms with van der Waals surface area (Å²) >= 11 is 4.99. The first kappa shape index (κ1) is 17.9. The van der Waals surface area contributed by atoms with Gasteiger partial charge in [0.05, 0.1) is 5.57 Å². The van der Waals surface area contributed by atoms with E-state index in [4.69, 9.17) is 4.74 Å². The maximum absolute atomic E-state index is 12.5. The summed E-state index contributed by atoms with van der Waals surface area (Å²) in [5, 5.41) is 4.95. The fourth-order valence-electron chi connectivity index (χ4n) is 2.02. The molecule has 0 saturated heterocycles. The fourth-order valence-corrected chi connectivity index (χ4v) is 3.03. The zero-order chi connectivity index (χ0) is 16.5. The van der Waals surface area contributed by atoms with Crippen LogP contribution in [-0.4, -0.2) is 25.7 Å². The van der Waals surface area contributed by atoms with Crippen molar-refractivity contribution >= 4 is 44.8 Å². The van der Waals surface area contributed by atoms with Crippen molar-refractivity contribution in [3.05, 3.63) is 56.7 Å². The number of thiophene rings is 1. The van der Waals surface area contributed by atoms with E-state index in [2.05, 4.69) is 21.2 Å². The molecule has 2 aromatic rings. The summed E-state index contributed by atoms with van der Waals surface area (Å²) in [7, 11) is 0. The minimum atomic E-state index is -0.0492. The Labute approximate surface area is 149 Å². The number of nitrogens with one attached hydrogen (secondary N) is 1. The molecule has 0 bridgehead atoms. The Morgan fingerprint density at radius 1 is 1.30 bits per heavy atom. The highest BCUT2D eigenvalue weighted by molar-refractivity contribution is 9.10. The molecule has 5 heteroatoms. The minimum Gasteiger partial charge on any atom is -0.382 e. The number of benzene rings is 1. The van der Waals surface area contributed by atoms with Crippen LogP contribution in [-0.2, 0) is 9.53 Å². The van der Waals surface area contributed by atoms with E-state index >= 15 is 0 Å². The first-order valence-corrected chi connectivity index (χ1v) is 9.25. The summed E-state index contributed by atoms with van der Waals surface area (Å²) in [6.45, 7) is 3.95. The number of halogens is 1. The lowest BCUT2D eigenvalue weighted by Gasteiger charge is -2.08. The molecule has 0 aliphatic rings. The normalized spacial score (nSPS) is 11.5. The van der Waals surface area contributed by atoms with E-state index in [0.29, 0.717) is 25.3 Å². The number of carbonyl (C=O) groups is 1. The Hall–Kier alpha value is -1.43. The van der Waals surface area contributed by atoms with Crippen molar-refractivity contribution in [2.24, 2.45) is 0 Å². The zero-order valence-corrected chi connectivity index (χ0v) is 15.5. The monoisotopic (exact) mass is 393 g/mol. The molecule has 0 unspecified atom stereocenters. The van der Waals surface area contributed by atoms with Gasteiger partial charge >= 0.3 is 0 Å². The molecule has 23 heavy (non-hydrogen) atoms. The molecule has 0 atom stereocenters. The van der Waals surface area contributed by atoms with E-state index in [1.807, 2.05) is 54.8 Å². The van der Waals surface area contributed by atoms with Gasteiger partial charge in [-0.3, -0.25) is 4.79 Å². The predicted molar refractivity (Wildman–Crippen MR) is 100 cm³/mol. The van der Waals surface area contributed by atoms with Gasteiger partial charge in [-0.05, 0) is 48.6 Å². The van der Waals surface area contributed by atoms with Crippen molar-refractivity contribution in [1.82, 2.24) is 5.32 Å². The molecule has 2 rings (SSSR count). The highest BCUT2D eigenvalue weighted by atomic mass is 79.9. The van der Waals surface area contributed by atoms with Crippen molar-refractivity contribution in [2.45, 2.75) is 13.3 Å². The molecular formula is C18H20BrNO2S. The molecule has 3 nitrogen and oxygen atoms in total. The molecule has 0 fully saturated rings. The van der Waals surface area contributed by atoms with Crippen LogP contribution in [0.5, 0.6) is 0 Å². The third-order valence-electron chi connectivity index (χ3n) is 3.17. The van der Waals surface area contributed by atoms with Crippen LogP contribution in [0.25, 0.3) is 11.6 Å². The van der Waals surface area contributed by atoms with Crippen LogP contribution in [0, 0.1) is 0 Å². The second kappa shape index (κ2) is 9.65. The summed E-state index contributed by atoms with van der Waals surface area (Å²) in [4.78, 5) is 13.5. The van der Waals surface area contributed by atoms with E-state index in [1.165, 1.54) is 0 Å². The second-order valence-corrected chi connectivity index (χ2v) is 6.76. The summed E-state index contributed by atoms with van der Waals surface area (Å²) in [5.41, 5.74) is 1.69. The average Bonchev–Trinajstić information content (AvgIpc) is 3.08. The zero-order valence-electron chi connectivity index (χ0n) is 13.0. The number of carbonyl (C=O) groups excluding carboxylic acids is 1. The van der Waals surface area contributed by atoms with Crippen molar-refractivity contribution in [2.75, 3.05) is 19.8 Å². The van der Waals surface area contributed by atoms with Gasteiger partial charge in [0.15, 0.2) is 0 Å². The third kappa shape index (κ3) is 5.94. The summed E-state index contributed by atoms with van der Waals surface area (Å²) in [6, 6.07) is 11.8. The van der Waals surface area contributed by atoms with E-state index in [9.17, 15) is 4.79 Å². The van der Waals surface area contributed by atoms with Crippen LogP contribution in [0.1, 0.15) is 23.8 Å². The molecule has 1 amide bonds. The van der Waals surface area contributed by atoms with E-state index in [0.717, 1.165) is 21.3 Å². The Balaban J connectivity index is 2.09. The molecular weight excluding hydrogens is 374 g/mol. The molecule has 0 aliphatic heterocycles. The number of hydrogen-bond donors (Lipinski definition) is 1. The van der Waals surface area contributed by atoms with Crippen LogP contribution < -0.4 is 5.32 Å². The average molecular weight is 394 g/mol. The van der Waals surface area contributed by atoms with Gasteiger partial charge in [-0.15, -0.1) is 11.3 Å². The van der Waals surface area contributed by atoms with Gasteiger partial charge in [-0.25, -0.2) is 0 Å². The van der Waals surface area contributed by atoms with Crippen LogP contribution in [0.4, 0.5) is 0 Å². The Bertz CT molecular complexity index is 636. The van der Waals surface area contributed by atoms with E-state index in [-0.39, 0.29) is 5.91 Å². The standard InChI is InChI=1S/C18H20BrNO2S/c1-2-22-11-4-10-20-18(21)16(17-5-3-12-23-17)13-14-6-8-15(19)9-7-14/h3,5-9,12-13H,2,4,10-11H2,1H3,(H,20,21)/b16-13+. The summed E-state index contributed by atoms with van der Waals surface area (Å²) in [5.74, 6) is -0.0492. The SMILES string of the molecule is CCOCCCNC(=O)/C(=C/c1ccc(Br)cc1)c1cccs1. The number of ether oxygens (including phenoxy) is 1. The number of rotatable bonds is 8. The molecule has 1 aromatic carbocycles. The highest BCUT2D eigenvalue weighted by Crippen LogP contribution is 2.23. The van der Waals surface area contributed by atoms with Gasteiger partial charge in [0.25, 0.3) is 5.91 Å². The van der Waals surface area contributed by atoms with Gasteiger partial charge in [-0.1, -0.05) is 34.1 Å². The maximum atomic E-state index is 12.5. The Morgan fingerprint density at radius 3 is 2.74 bits per heavy atom. The molecule has 0 radical (unpaired) electrons. The maximum Gasteiger partial charge on any atom is 0.252 e. The van der Waals surface area contributed by atoms with Crippen LogP contribution >= 0.6 is 27.3 Å².